The molecule has 0 aliphatic rings. The first-order valence-corrected chi connectivity index (χ1v) is 10.1. The number of benzene rings is 3. The minimum Gasteiger partial charge on any atom is -0.492 e. The van der Waals surface area contributed by atoms with Gasteiger partial charge in [0.2, 0.25) is 0 Å². The van der Waals surface area contributed by atoms with Crippen LogP contribution < -0.4 is 14.8 Å². The van der Waals surface area contributed by atoms with Crippen molar-refractivity contribution < 1.29 is 14.3 Å². The van der Waals surface area contributed by atoms with Crippen molar-refractivity contribution in [3.8, 4) is 11.5 Å². The summed E-state index contributed by atoms with van der Waals surface area (Å²) in [6, 6.07) is 18.0. The van der Waals surface area contributed by atoms with Crippen molar-refractivity contribution in [2.24, 2.45) is 0 Å². The van der Waals surface area contributed by atoms with Gasteiger partial charge in [0.1, 0.15) is 6.61 Å². The van der Waals surface area contributed by atoms with Crippen LogP contribution in [0.5, 0.6) is 11.5 Å². The molecular formula is C21H16Cl2INO3. The van der Waals surface area contributed by atoms with E-state index in [9.17, 15) is 4.79 Å². The molecule has 3 aromatic carbocycles. The second-order valence-corrected chi connectivity index (χ2v) is 7.85. The maximum atomic E-state index is 12.7. The van der Waals surface area contributed by atoms with Crippen LogP contribution in [0.4, 0.5) is 5.69 Å². The molecule has 0 saturated heterocycles. The highest BCUT2D eigenvalue weighted by atomic mass is 127. The summed E-state index contributed by atoms with van der Waals surface area (Å²) < 4.78 is 12.1. The van der Waals surface area contributed by atoms with Crippen molar-refractivity contribution in [1.82, 2.24) is 0 Å². The summed E-state index contributed by atoms with van der Waals surface area (Å²) in [5.41, 5.74) is 1.88. The normalized spacial score (nSPS) is 10.4. The fourth-order valence-electron chi connectivity index (χ4n) is 2.53. The molecule has 0 atom stereocenters. The van der Waals surface area contributed by atoms with Gasteiger partial charge in [-0.25, -0.2) is 0 Å². The van der Waals surface area contributed by atoms with Gasteiger partial charge in [0, 0.05) is 10.6 Å². The number of methoxy groups -OCH3 is 1. The second kappa shape index (κ2) is 9.49. The fraction of sp³-hybridized carbons (Fsp3) is 0.0952. The van der Waals surface area contributed by atoms with Gasteiger partial charge in [-0.1, -0.05) is 53.5 Å². The smallest absolute Gasteiger partial charge is 0.255 e. The van der Waals surface area contributed by atoms with E-state index in [-0.39, 0.29) is 5.91 Å². The van der Waals surface area contributed by atoms with Crippen LogP contribution >= 0.6 is 45.8 Å². The summed E-state index contributed by atoms with van der Waals surface area (Å²) >= 11 is 14.2. The van der Waals surface area contributed by atoms with E-state index >= 15 is 0 Å². The average Bonchev–Trinajstić information content (AvgIpc) is 2.69. The van der Waals surface area contributed by atoms with Gasteiger partial charge in [0.05, 0.1) is 21.4 Å². The number of rotatable bonds is 6. The number of carbonyl (C=O) groups is 1. The summed E-state index contributed by atoms with van der Waals surface area (Å²) in [6.07, 6.45) is 0. The van der Waals surface area contributed by atoms with Gasteiger partial charge in [-0.05, 0) is 58.5 Å². The van der Waals surface area contributed by atoms with Crippen LogP contribution in [0.1, 0.15) is 15.9 Å². The Labute approximate surface area is 186 Å². The number of halogens is 3. The van der Waals surface area contributed by atoms with Crippen molar-refractivity contribution in [1.29, 1.82) is 0 Å². The third kappa shape index (κ3) is 5.10. The Morgan fingerprint density at radius 1 is 1.07 bits per heavy atom. The van der Waals surface area contributed by atoms with Gasteiger partial charge in [0.25, 0.3) is 5.91 Å². The lowest BCUT2D eigenvalue weighted by molar-refractivity contribution is 0.102. The number of hydrogen-bond donors (Lipinski definition) is 1. The first-order valence-electron chi connectivity index (χ1n) is 8.28. The molecule has 0 unspecified atom stereocenters. The topological polar surface area (TPSA) is 47.6 Å². The molecule has 7 heteroatoms. The molecule has 4 nitrogen and oxygen atoms in total. The first kappa shape index (κ1) is 20.8. The predicted molar refractivity (Wildman–Crippen MR) is 121 cm³/mol. The Hall–Kier alpha value is -1.96. The minimum atomic E-state index is -0.325. The summed E-state index contributed by atoms with van der Waals surface area (Å²) in [5.74, 6) is 0.740. The summed E-state index contributed by atoms with van der Waals surface area (Å²) in [5, 5.41) is 3.66. The molecule has 0 aliphatic carbocycles. The number of hydrogen-bond acceptors (Lipinski definition) is 3. The van der Waals surface area contributed by atoms with Crippen LogP contribution in [0.2, 0.25) is 10.0 Å². The summed E-state index contributed by atoms with van der Waals surface area (Å²) in [7, 11) is 1.57. The molecule has 1 amide bonds. The molecule has 1 N–H and O–H groups in total. The molecule has 0 heterocycles. The highest BCUT2D eigenvalue weighted by Gasteiger charge is 2.17. The number of anilines is 1. The molecular weight excluding hydrogens is 512 g/mol. The molecule has 28 heavy (non-hydrogen) atoms. The van der Waals surface area contributed by atoms with Crippen LogP contribution in [0.15, 0.2) is 60.7 Å². The molecule has 0 spiro atoms. The molecule has 144 valence electrons. The third-order valence-electron chi connectivity index (χ3n) is 3.89. The van der Waals surface area contributed by atoms with Crippen LogP contribution in [-0.4, -0.2) is 13.0 Å². The number of amides is 1. The van der Waals surface area contributed by atoms with Gasteiger partial charge in [0.15, 0.2) is 11.5 Å². The van der Waals surface area contributed by atoms with Gasteiger partial charge >= 0.3 is 0 Å². The first-order chi connectivity index (χ1) is 13.5. The van der Waals surface area contributed by atoms with E-state index in [1.54, 1.807) is 37.4 Å². The molecule has 0 fully saturated rings. The molecule has 0 aliphatic heterocycles. The largest absolute Gasteiger partial charge is 0.492 e. The van der Waals surface area contributed by atoms with E-state index in [4.69, 9.17) is 32.7 Å². The summed E-state index contributed by atoms with van der Waals surface area (Å²) in [6.45, 7) is 0.360. The second-order valence-electron chi connectivity index (χ2n) is 5.84. The zero-order chi connectivity index (χ0) is 20.1. The highest BCUT2D eigenvalue weighted by Crippen LogP contribution is 2.35. The zero-order valence-electron chi connectivity index (χ0n) is 14.8. The van der Waals surface area contributed by atoms with Crippen molar-refractivity contribution in [3.05, 3.63) is 85.4 Å². The third-order valence-corrected chi connectivity index (χ3v) is 5.26. The Kier molecular flexibility index (Phi) is 7.04. The van der Waals surface area contributed by atoms with Crippen molar-refractivity contribution in [3.63, 3.8) is 0 Å². The quantitative estimate of drug-likeness (QED) is 0.375. The molecule has 3 aromatic rings. The van der Waals surface area contributed by atoms with Crippen molar-refractivity contribution >= 4 is 57.4 Å². The summed E-state index contributed by atoms with van der Waals surface area (Å²) in [4.78, 5) is 12.7. The van der Waals surface area contributed by atoms with Gasteiger partial charge < -0.3 is 14.8 Å². The predicted octanol–water partition coefficient (Wildman–Crippen LogP) is 6.44. The van der Waals surface area contributed by atoms with Crippen LogP contribution in [-0.2, 0) is 6.61 Å². The van der Waals surface area contributed by atoms with E-state index in [1.165, 1.54) is 0 Å². The SMILES string of the molecule is COc1c(I)cc(C(=O)Nc2cc(Cl)ccc2Cl)cc1OCc1ccccc1. The fourth-order valence-corrected chi connectivity index (χ4v) is 3.69. The Morgan fingerprint density at radius 2 is 1.82 bits per heavy atom. The van der Waals surface area contributed by atoms with Crippen LogP contribution in [0.3, 0.4) is 0 Å². The molecule has 3 rings (SSSR count). The highest BCUT2D eigenvalue weighted by molar-refractivity contribution is 14.1. The lowest BCUT2D eigenvalue weighted by atomic mass is 10.1. The van der Waals surface area contributed by atoms with Gasteiger partial charge in [-0.15, -0.1) is 0 Å². The van der Waals surface area contributed by atoms with E-state index in [0.717, 1.165) is 9.13 Å². The monoisotopic (exact) mass is 527 g/mol. The zero-order valence-corrected chi connectivity index (χ0v) is 18.5. The van der Waals surface area contributed by atoms with Gasteiger partial charge in [-0.2, -0.15) is 0 Å². The van der Waals surface area contributed by atoms with Crippen LogP contribution in [0, 0.1) is 3.57 Å². The maximum Gasteiger partial charge on any atom is 0.255 e. The van der Waals surface area contributed by atoms with E-state index in [1.807, 2.05) is 30.3 Å². The van der Waals surface area contributed by atoms with Gasteiger partial charge in [-0.3, -0.25) is 4.79 Å². The maximum absolute atomic E-state index is 12.7. The molecule has 0 saturated carbocycles. The average molecular weight is 528 g/mol. The van der Waals surface area contributed by atoms with Crippen molar-refractivity contribution in [2.75, 3.05) is 12.4 Å². The van der Waals surface area contributed by atoms with Crippen molar-refractivity contribution in [2.45, 2.75) is 6.61 Å². The Morgan fingerprint density at radius 3 is 2.54 bits per heavy atom. The van der Waals surface area contributed by atoms with E-state index in [0.29, 0.717) is 39.4 Å². The lowest BCUT2D eigenvalue weighted by Crippen LogP contribution is -2.13. The Balaban J connectivity index is 1.85. The Bertz CT molecular complexity index is 996. The number of carbonyl (C=O) groups excluding carboxylic acids is 1. The minimum absolute atomic E-state index is 0.325. The standard InChI is InChI=1S/C21H16Cl2INO3/c1-27-20-17(24)9-14(10-19(20)28-12-13-5-3-2-4-6-13)21(26)25-18-11-15(22)7-8-16(18)23/h2-11H,12H2,1H3,(H,25,26). The molecule has 0 radical (unpaired) electrons. The van der Waals surface area contributed by atoms with Crippen LogP contribution in [0.25, 0.3) is 0 Å². The lowest BCUT2D eigenvalue weighted by Gasteiger charge is -2.15. The van der Waals surface area contributed by atoms with E-state index < -0.39 is 0 Å². The number of nitrogens with one attached hydrogen (secondary N) is 1. The molecule has 0 aromatic heterocycles. The molecule has 0 bridgehead atoms. The van der Waals surface area contributed by atoms with E-state index in [2.05, 4.69) is 27.9 Å². The number of ether oxygens (including phenoxy) is 2.